The molecule has 0 aliphatic rings. The number of aromatic nitrogens is 1. The number of hydrogen-bond donors (Lipinski definition) is 1. The maximum Gasteiger partial charge on any atom is 0.271 e. The molecule has 5 heteroatoms. The highest BCUT2D eigenvalue weighted by Gasteiger charge is 2.02. The van der Waals surface area contributed by atoms with Crippen LogP contribution in [0.15, 0.2) is 28.7 Å². The Kier molecular flexibility index (Phi) is 2.82. The first kappa shape index (κ1) is 9.91. The van der Waals surface area contributed by atoms with Crippen molar-refractivity contribution in [2.45, 2.75) is 6.73 Å². The molecule has 13 heavy (non-hydrogen) atoms. The van der Waals surface area contributed by atoms with Crippen molar-refractivity contribution in [2.24, 2.45) is 0 Å². The molecular formula is C8H9NO3S. The van der Waals surface area contributed by atoms with Crippen LogP contribution in [0.1, 0.15) is 0 Å². The summed E-state index contributed by atoms with van der Waals surface area (Å²) < 4.78 is 6.74. The van der Waals surface area contributed by atoms with Gasteiger partial charge in [-0.15, -0.1) is 0 Å². The van der Waals surface area contributed by atoms with Crippen molar-refractivity contribution in [3.05, 3.63) is 29.1 Å². The second-order valence-electron chi connectivity index (χ2n) is 2.41. The molecule has 0 aliphatic carbocycles. The fourth-order valence-corrected chi connectivity index (χ4v) is 1.39. The lowest BCUT2D eigenvalue weighted by Gasteiger charge is -1.93. The van der Waals surface area contributed by atoms with Gasteiger partial charge in [-0.2, -0.15) is 0 Å². The van der Waals surface area contributed by atoms with Gasteiger partial charge in [0.25, 0.3) is 4.84 Å². The predicted octanol–water partition coefficient (Wildman–Crippen LogP) is 1.09. The molecule has 0 atom stereocenters. The zero-order valence-corrected chi connectivity index (χ0v) is 7.54. The van der Waals surface area contributed by atoms with Crippen LogP contribution in [-0.2, 0) is 6.73 Å². The molecule has 0 amide bonds. The van der Waals surface area contributed by atoms with Gasteiger partial charge in [0.2, 0.25) is 0 Å². The van der Waals surface area contributed by atoms with Gasteiger partial charge in [-0.25, -0.2) is 0 Å². The minimum absolute atomic E-state index is 0. The van der Waals surface area contributed by atoms with Crippen molar-refractivity contribution >= 4 is 23.3 Å². The second kappa shape index (κ2) is 3.69. The Morgan fingerprint density at radius 1 is 1.38 bits per heavy atom. The standard InChI is InChI=1S/C8H7NO2S.H2O/c10-5-9-6-3-1-2-4-7(6)11-8(9)12;/h1-4,10H,5H2;1H2. The molecule has 0 saturated heterocycles. The highest BCUT2D eigenvalue weighted by atomic mass is 32.1. The lowest BCUT2D eigenvalue weighted by molar-refractivity contribution is 0.208. The molecule has 1 aromatic heterocycles. The maximum absolute atomic E-state index is 8.94. The first-order valence-electron chi connectivity index (χ1n) is 3.52. The van der Waals surface area contributed by atoms with Gasteiger partial charge in [-0.1, -0.05) is 12.1 Å². The van der Waals surface area contributed by atoms with Crippen LogP contribution in [0.5, 0.6) is 0 Å². The van der Waals surface area contributed by atoms with Gasteiger partial charge < -0.3 is 15.0 Å². The average Bonchev–Trinajstić information content (AvgIpc) is 2.40. The third-order valence-corrected chi connectivity index (χ3v) is 2.02. The van der Waals surface area contributed by atoms with Crippen LogP contribution < -0.4 is 0 Å². The molecule has 2 aromatic rings. The van der Waals surface area contributed by atoms with Crippen molar-refractivity contribution in [3.63, 3.8) is 0 Å². The maximum atomic E-state index is 8.94. The van der Waals surface area contributed by atoms with Crippen molar-refractivity contribution in [3.8, 4) is 0 Å². The number of rotatable bonds is 1. The van der Waals surface area contributed by atoms with E-state index in [-0.39, 0.29) is 12.2 Å². The summed E-state index contributed by atoms with van der Waals surface area (Å²) in [6, 6.07) is 7.41. The number of oxazole rings is 1. The quantitative estimate of drug-likeness (QED) is 0.699. The molecule has 0 saturated carbocycles. The SMILES string of the molecule is O.OCn1c(=S)oc2ccccc21. The summed E-state index contributed by atoms with van der Waals surface area (Å²) in [6.45, 7) is -0.143. The molecule has 4 nitrogen and oxygen atoms in total. The number of benzene rings is 1. The number of nitrogens with zero attached hydrogens (tertiary/aromatic N) is 1. The summed E-state index contributed by atoms with van der Waals surface area (Å²) >= 11 is 4.89. The van der Waals surface area contributed by atoms with E-state index in [0.717, 1.165) is 5.52 Å². The largest absolute Gasteiger partial charge is 0.429 e. The van der Waals surface area contributed by atoms with Gasteiger partial charge >= 0.3 is 0 Å². The van der Waals surface area contributed by atoms with Gasteiger partial charge in [0.15, 0.2) is 5.58 Å². The first-order chi connectivity index (χ1) is 5.83. The van der Waals surface area contributed by atoms with Gasteiger partial charge in [0.05, 0.1) is 5.52 Å². The Labute approximate surface area is 79.3 Å². The van der Waals surface area contributed by atoms with Gasteiger partial charge in [0, 0.05) is 0 Å². The van der Waals surface area contributed by atoms with E-state index in [1.165, 1.54) is 4.57 Å². The van der Waals surface area contributed by atoms with Gasteiger partial charge in [-0.3, -0.25) is 4.57 Å². The number of aliphatic hydroxyl groups excluding tert-OH is 1. The lowest BCUT2D eigenvalue weighted by atomic mass is 10.3. The Hall–Kier alpha value is -1.17. The van der Waals surface area contributed by atoms with E-state index in [0.29, 0.717) is 10.4 Å². The molecule has 0 aliphatic heterocycles. The zero-order chi connectivity index (χ0) is 8.55. The summed E-state index contributed by atoms with van der Waals surface area (Å²) in [5.74, 6) is 0. The minimum atomic E-state index is -0.143. The van der Waals surface area contributed by atoms with E-state index >= 15 is 0 Å². The van der Waals surface area contributed by atoms with E-state index in [1.807, 2.05) is 24.3 Å². The zero-order valence-electron chi connectivity index (χ0n) is 6.73. The average molecular weight is 199 g/mol. The summed E-state index contributed by atoms with van der Waals surface area (Å²) in [5, 5.41) is 8.94. The van der Waals surface area contributed by atoms with Crippen molar-refractivity contribution in [1.82, 2.24) is 4.57 Å². The molecule has 0 bridgehead atoms. The molecule has 1 heterocycles. The third-order valence-electron chi connectivity index (χ3n) is 1.72. The third kappa shape index (κ3) is 1.49. The number of hydrogen-bond acceptors (Lipinski definition) is 3. The molecular weight excluding hydrogens is 190 g/mol. The smallest absolute Gasteiger partial charge is 0.271 e. The van der Waals surface area contributed by atoms with Crippen LogP contribution >= 0.6 is 12.2 Å². The number of aliphatic hydroxyl groups is 1. The Balaban J connectivity index is 0.000000845. The highest BCUT2D eigenvalue weighted by molar-refractivity contribution is 7.71. The van der Waals surface area contributed by atoms with Gasteiger partial charge in [-0.05, 0) is 24.4 Å². The Bertz CT molecular complexity index is 460. The van der Waals surface area contributed by atoms with E-state index in [9.17, 15) is 0 Å². The summed E-state index contributed by atoms with van der Waals surface area (Å²) in [6.07, 6.45) is 0. The molecule has 0 fully saturated rings. The molecule has 0 radical (unpaired) electrons. The van der Waals surface area contributed by atoms with Crippen LogP contribution in [-0.4, -0.2) is 15.1 Å². The van der Waals surface area contributed by atoms with Crippen LogP contribution in [0.3, 0.4) is 0 Å². The molecule has 1 aromatic carbocycles. The summed E-state index contributed by atoms with van der Waals surface area (Å²) in [4.78, 5) is 0.304. The Morgan fingerprint density at radius 2 is 2.08 bits per heavy atom. The lowest BCUT2D eigenvalue weighted by Crippen LogP contribution is -1.94. The van der Waals surface area contributed by atoms with Crippen molar-refractivity contribution in [1.29, 1.82) is 0 Å². The van der Waals surface area contributed by atoms with E-state index < -0.39 is 0 Å². The highest BCUT2D eigenvalue weighted by Crippen LogP contribution is 2.15. The molecule has 0 spiro atoms. The normalized spacial score (nSPS) is 9.92. The molecule has 2 rings (SSSR count). The number of fused-ring (bicyclic) bond motifs is 1. The van der Waals surface area contributed by atoms with E-state index in [2.05, 4.69) is 0 Å². The van der Waals surface area contributed by atoms with Gasteiger partial charge in [0.1, 0.15) is 6.73 Å². The van der Waals surface area contributed by atoms with Crippen LogP contribution in [0.25, 0.3) is 11.1 Å². The molecule has 0 unspecified atom stereocenters. The van der Waals surface area contributed by atoms with Crippen LogP contribution in [0, 0.1) is 4.84 Å². The van der Waals surface area contributed by atoms with E-state index in [1.54, 1.807) is 0 Å². The first-order valence-corrected chi connectivity index (χ1v) is 3.93. The minimum Gasteiger partial charge on any atom is -0.429 e. The topological polar surface area (TPSA) is 69.8 Å². The van der Waals surface area contributed by atoms with Crippen LogP contribution in [0.2, 0.25) is 0 Å². The monoisotopic (exact) mass is 199 g/mol. The van der Waals surface area contributed by atoms with Crippen molar-refractivity contribution < 1.29 is 15.0 Å². The predicted molar refractivity (Wildman–Crippen MR) is 50.9 cm³/mol. The van der Waals surface area contributed by atoms with Crippen LogP contribution in [0.4, 0.5) is 0 Å². The number of para-hydroxylation sites is 2. The summed E-state index contributed by atoms with van der Waals surface area (Å²) in [5.41, 5.74) is 1.53. The molecule has 70 valence electrons. The fraction of sp³-hybridized carbons (Fsp3) is 0.125. The Morgan fingerprint density at radius 3 is 2.77 bits per heavy atom. The fourth-order valence-electron chi connectivity index (χ4n) is 1.15. The second-order valence-corrected chi connectivity index (χ2v) is 2.75. The van der Waals surface area contributed by atoms with Crippen molar-refractivity contribution in [2.75, 3.05) is 0 Å². The molecule has 3 N–H and O–H groups in total. The summed E-state index contributed by atoms with van der Waals surface area (Å²) in [7, 11) is 0. The van der Waals surface area contributed by atoms with E-state index in [4.69, 9.17) is 21.7 Å².